The number of nitrogens with zero attached hydrogens (tertiary/aromatic N) is 1. The van der Waals surface area contributed by atoms with E-state index in [9.17, 15) is 13.6 Å². The van der Waals surface area contributed by atoms with Crippen molar-refractivity contribution in [3.05, 3.63) is 29.3 Å². The molecular weight excluding hydrogens is 276 g/mol. The number of carbonyl (C=O) groups is 1. The summed E-state index contributed by atoms with van der Waals surface area (Å²) in [5.74, 6) is -1.84. The maximum Gasteiger partial charge on any atom is 0.240 e. The van der Waals surface area contributed by atoms with E-state index >= 15 is 0 Å². The molecule has 1 atom stereocenters. The van der Waals surface area contributed by atoms with Crippen LogP contribution in [-0.2, 0) is 11.3 Å². The molecule has 4 nitrogen and oxygen atoms in total. The van der Waals surface area contributed by atoms with Gasteiger partial charge in [-0.2, -0.15) is 0 Å². The minimum absolute atomic E-state index is 0.149. The van der Waals surface area contributed by atoms with Gasteiger partial charge in [-0.05, 0) is 30.5 Å². The van der Waals surface area contributed by atoms with Crippen molar-refractivity contribution in [2.45, 2.75) is 45.3 Å². The lowest BCUT2D eigenvalue weighted by Crippen LogP contribution is -2.41. The summed E-state index contributed by atoms with van der Waals surface area (Å²) >= 11 is 0. The zero-order valence-corrected chi connectivity index (χ0v) is 12.3. The van der Waals surface area contributed by atoms with E-state index in [2.05, 4.69) is 5.32 Å². The largest absolute Gasteiger partial charge is 0.368 e. The van der Waals surface area contributed by atoms with Crippen LogP contribution < -0.4 is 16.0 Å². The van der Waals surface area contributed by atoms with Crippen LogP contribution in [0.4, 0.5) is 14.5 Å². The summed E-state index contributed by atoms with van der Waals surface area (Å²) in [7, 11) is 0. The zero-order valence-electron chi connectivity index (χ0n) is 12.3. The van der Waals surface area contributed by atoms with Crippen LogP contribution in [0.3, 0.4) is 0 Å². The molecule has 21 heavy (non-hydrogen) atoms. The molecule has 0 saturated carbocycles. The topological polar surface area (TPSA) is 58.4 Å². The second-order valence-electron chi connectivity index (χ2n) is 5.70. The number of rotatable bonds is 5. The molecule has 1 amide bonds. The lowest BCUT2D eigenvalue weighted by atomic mass is 10.1. The molecule has 1 unspecified atom stereocenters. The van der Waals surface area contributed by atoms with Crippen LogP contribution in [0.15, 0.2) is 12.1 Å². The number of benzene rings is 1. The van der Waals surface area contributed by atoms with Gasteiger partial charge in [0.2, 0.25) is 5.91 Å². The van der Waals surface area contributed by atoms with E-state index in [0.717, 1.165) is 0 Å². The molecule has 1 aliphatic rings. The minimum atomic E-state index is -0.649. The molecule has 1 fully saturated rings. The third-order valence-corrected chi connectivity index (χ3v) is 3.66. The van der Waals surface area contributed by atoms with Gasteiger partial charge in [-0.25, -0.2) is 8.78 Å². The molecule has 1 aromatic carbocycles. The van der Waals surface area contributed by atoms with Gasteiger partial charge in [0.25, 0.3) is 0 Å². The number of anilines is 1. The van der Waals surface area contributed by atoms with E-state index in [4.69, 9.17) is 5.73 Å². The molecule has 1 aliphatic heterocycles. The van der Waals surface area contributed by atoms with E-state index in [1.54, 1.807) is 0 Å². The Labute approximate surface area is 123 Å². The number of hydrogen-bond donors (Lipinski definition) is 2. The highest BCUT2D eigenvalue weighted by Gasteiger charge is 2.32. The Hall–Kier alpha value is -1.69. The fourth-order valence-corrected chi connectivity index (χ4v) is 2.65. The smallest absolute Gasteiger partial charge is 0.240 e. The molecule has 0 spiro atoms. The Kier molecular flexibility index (Phi) is 4.77. The summed E-state index contributed by atoms with van der Waals surface area (Å²) in [4.78, 5) is 12.8. The van der Waals surface area contributed by atoms with Gasteiger partial charge < -0.3 is 16.0 Å². The van der Waals surface area contributed by atoms with E-state index < -0.39 is 23.6 Å². The van der Waals surface area contributed by atoms with Crippen molar-refractivity contribution < 1.29 is 13.6 Å². The predicted octanol–water partition coefficient (Wildman–Crippen LogP) is 1.92. The Bertz CT molecular complexity index is 511. The van der Waals surface area contributed by atoms with Gasteiger partial charge in [0.05, 0.1) is 0 Å². The normalized spacial score (nSPS) is 18.5. The number of halogens is 2. The molecule has 6 heteroatoms. The number of amides is 1. The molecule has 116 valence electrons. The molecule has 0 radical (unpaired) electrons. The van der Waals surface area contributed by atoms with Crippen molar-refractivity contribution in [3.8, 4) is 0 Å². The third kappa shape index (κ3) is 3.50. The first-order chi connectivity index (χ1) is 9.90. The van der Waals surface area contributed by atoms with Crippen LogP contribution in [-0.4, -0.2) is 24.5 Å². The first-order valence-corrected chi connectivity index (χ1v) is 7.17. The van der Waals surface area contributed by atoms with Crippen molar-refractivity contribution in [1.29, 1.82) is 0 Å². The fraction of sp³-hybridized carbons (Fsp3) is 0.533. The number of primary amides is 1. The van der Waals surface area contributed by atoms with Crippen LogP contribution in [0.25, 0.3) is 0 Å². The maximum atomic E-state index is 14.3. The van der Waals surface area contributed by atoms with Gasteiger partial charge in [-0.1, -0.05) is 13.8 Å². The summed E-state index contributed by atoms with van der Waals surface area (Å²) in [6.45, 7) is 4.75. The van der Waals surface area contributed by atoms with Crippen molar-refractivity contribution in [1.82, 2.24) is 5.32 Å². The monoisotopic (exact) mass is 297 g/mol. The van der Waals surface area contributed by atoms with E-state index in [1.165, 1.54) is 17.0 Å². The number of nitrogens with one attached hydrogen (secondary N) is 1. The maximum absolute atomic E-state index is 14.3. The van der Waals surface area contributed by atoms with Crippen molar-refractivity contribution in [3.63, 3.8) is 0 Å². The second kappa shape index (κ2) is 6.39. The average Bonchev–Trinajstić information content (AvgIpc) is 2.84. The summed E-state index contributed by atoms with van der Waals surface area (Å²) in [6.07, 6.45) is 1.23. The molecule has 0 bridgehead atoms. The Morgan fingerprint density at radius 3 is 2.57 bits per heavy atom. The van der Waals surface area contributed by atoms with Crippen LogP contribution >= 0.6 is 0 Å². The SMILES string of the molecule is CC(C)NCc1cc(F)c(N2CCCC2C(N)=O)c(F)c1. The van der Waals surface area contributed by atoms with Crippen LogP contribution in [0.2, 0.25) is 0 Å². The quantitative estimate of drug-likeness (QED) is 0.873. The number of hydrogen-bond acceptors (Lipinski definition) is 3. The first-order valence-electron chi connectivity index (χ1n) is 7.17. The van der Waals surface area contributed by atoms with Crippen LogP contribution in [0, 0.1) is 11.6 Å². The Morgan fingerprint density at radius 2 is 2.05 bits per heavy atom. The van der Waals surface area contributed by atoms with Crippen molar-refractivity contribution in [2.75, 3.05) is 11.4 Å². The van der Waals surface area contributed by atoms with Crippen molar-refractivity contribution in [2.24, 2.45) is 5.73 Å². The van der Waals surface area contributed by atoms with Gasteiger partial charge in [0, 0.05) is 19.1 Å². The van der Waals surface area contributed by atoms with E-state index in [-0.39, 0.29) is 11.7 Å². The summed E-state index contributed by atoms with van der Waals surface area (Å²) in [6, 6.07) is 2.22. The summed E-state index contributed by atoms with van der Waals surface area (Å²) in [5, 5.41) is 3.11. The second-order valence-corrected chi connectivity index (χ2v) is 5.70. The highest BCUT2D eigenvalue weighted by molar-refractivity contribution is 5.84. The average molecular weight is 297 g/mol. The molecule has 1 heterocycles. The standard InChI is InChI=1S/C15H21F2N3O/c1-9(2)19-8-10-6-11(16)14(12(17)7-10)20-5-3-4-13(20)15(18)21/h6-7,9,13,19H,3-5,8H2,1-2H3,(H2,18,21). The number of nitrogens with two attached hydrogens (primary N) is 1. The van der Waals surface area contributed by atoms with Gasteiger partial charge in [0.15, 0.2) is 0 Å². The molecule has 0 aliphatic carbocycles. The lowest BCUT2D eigenvalue weighted by Gasteiger charge is -2.25. The molecule has 0 aromatic heterocycles. The lowest BCUT2D eigenvalue weighted by molar-refractivity contribution is -0.119. The molecule has 1 saturated heterocycles. The Balaban J connectivity index is 2.26. The number of carbonyl (C=O) groups excluding carboxylic acids is 1. The third-order valence-electron chi connectivity index (χ3n) is 3.66. The van der Waals surface area contributed by atoms with E-state index in [1.807, 2.05) is 13.8 Å². The zero-order chi connectivity index (χ0) is 15.6. The van der Waals surface area contributed by atoms with Crippen LogP contribution in [0.5, 0.6) is 0 Å². The molecular formula is C15H21F2N3O. The highest BCUT2D eigenvalue weighted by atomic mass is 19.1. The fourth-order valence-electron chi connectivity index (χ4n) is 2.65. The molecule has 3 N–H and O–H groups in total. The first kappa shape index (κ1) is 15.7. The molecule has 1 aromatic rings. The summed E-state index contributed by atoms with van der Waals surface area (Å²) < 4.78 is 28.5. The van der Waals surface area contributed by atoms with Crippen LogP contribution in [0.1, 0.15) is 32.3 Å². The van der Waals surface area contributed by atoms with Gasteiger partial charge in [0.1, 0.15) is 23.4 Å². The summed E-state index contributed by atoms with van der Waals surface area (Å²) in [5.41, 5.74) is 5.69. The van der Waals surface area contributed by atoms with Gasteiger partial charge in [-0.15, -0.1) is 0 Å². The van der Waals surface area contributed by atoms with E-state index in [0.29, 0.717) is 31.5 Å². The predicted molar refractivity (Wildman–Crippen MR) is 77.9 cm³/mol. The minimum Gasteiger partial charge on any atom is -0.368 e. The van der Waals surface area contributed by atoms with Gasteiger partial charge in [-0.3, -0.25) is 4.79 Å². The highest BCUT2D eigenvalue weighted by Crippen LogP contribution is 2.31. The van der Waals surface area contributed by atoms with Crippen molar-refractivity contribution >= 4 is 11.6 Å². The Morgan fingerprint density at radius 1 is 1.43 bits per heavy atom. The van der Waals surface area contributed by atoms with Gasteiger partial charge >= 0.3 is 0 Å². The molecule has 2 rings (SSSR count).